The first-order valence-electron chi connectivity index (χ1n) is 6.43. The summed E-state index contributed by atoms with van der Waals surface area (Å²) >= 11 is 0. The fourth-order valence-electron chi connectivity index (χ4n) is 2.20. The summed E-state index contributed by atoms with van der Waals surface area (Å²) in [6.45, 7) is 6.80. The van der Waals surface area contributed by atoms with Crippen LogP contribution in [-0.4, -0.2) is 0 Å². The van der Waals surface area contributed by atoms with Crippen LogP contribution in [0.25, 0.3) is 0 Å². The molecule has 1 rings (SSSR count). The minimum absolute atomic E-state index is 1.18. The maximum atomic E-state index is 2.31. The van der Waals surface area contributed by atoms with Crippen molar-refractivity contribution in [2.75, 3.05) is 0 Å². The molecule has 1 aromatic rings. The molecule has 0 fully saturated rings. The average molecular weight is 204 g/mol. The van der Waals surface area contributed by atoms with Crippen LogP contribution < -0.4 is 0 Å². The predicted molar refractivity (Wildman–Crippen MR) is 68.4 cm³/mol. The highest BCUT2D eigenvalue weighted by molar-refractivity contribution is 5.35. The number of aryl methyl sites for hydroxylation is 2. The van der Waals surface area contributed by atoms with Crippen molar-refractivity contribution >= 4 is 0 Å². The standard InChI is InChI=1S/C15H24/c1-4-7-12-15-13(6-3)10-8-11-14(15)9-5-2/h8,10-11H,4-7,9,12H2,1-3H3. The second-order valence-corrected chi connectivity index (χ2v) is 4.26. The van der Waals surface area contributed by atoms with Crippen LogP contribution in [0, 0.1) is 0 Å². The molecule has 0 saturated carbocycles. The van der Waals surface area contributed by atoms with Gasteiger partial charge in [0.1, 0.15) is 0 Å². The van der Waals surface area contributed by atoms with E-state index in [9.17, 15) is 0 Å². The molecule has 0 bridgehead atoms. The van der Waals surface area contributed by atoms with Crippen LogP contribution in [0.1, 0.15) is 56.7 Å². The van der Waals surface area contributed by atoms with Gasteiger partial charge in [-0.3, -0.25) is 0 Å². The molecule has 0 heterocycles. The Balaban J connectivity index is 2.92. The molecule has 15 heavy (non-hydrogen) atoms. The zero-order valence-electron chi connectivity index (χ0n) is 10.5. The van der Waals surface area contributed by atoms with E-state index in [2.05, 4.69) is 39.0 Å². The van der Waals surface area contributed by atoms with Gasteiger partial charge in [0.25, 0.3) is 0 Å². The Labute approximate surface area is 94.7 Å². The second kappa shape index (κ2) is 6.66. The van der Waals surface area contributed by atoms with Crippen molar-refractivity contribution in [3.63, 3.8) is 0 Å². The molecule has 0 aliphatic rings. The molecule has 0 N–H and O–H groups in total. The molecule has 0 aliphatic heterocycles. The largest absolute Gasteiger partial charge is 0.0654 e. The van der Waals surface area contributed by atoms with Gasteiger partial charge >= 0.3 is 0 Å². The highest BCUT2D eigenvalue weighted by Gasteiger charge is 2.05. The van der Waals surface area contributed by atoms with E-state index in [0.29, 0.717) is 0 Å². The molecule has 0 radical (unpaired) electrons. The third-order valence-corrected chi connectivity index (χ3v) is 3.05. The van der Waals surface area contributed by atoms with Crippen molar-refractivity contribution in [2.24, 2.45) is 0 Å². The van der Waals surface area contributed by atoms with Gasteiger partial charge in [-0.1, -0.05) is 51.8 Å². The Hall–Kier alpha value is -0.780. The Morgan fingerprint density at radius 2 is 1.60 bits per heavy atom. The number of unbranched alkanes of at least 4 members (excludes halogenated alkanes) is 1. The molecule has 0 aliphatic carbocycles. The van der Waals surface area contributed by atoms with Crippen molar-refractivity contribution in [2.45, 2.75) is 59.3 Å². The van der Waals surface area contributed by atoms with Gasteiger partial charge in [0.2, 0.25) is 0 Å². The summed E-state index contributed by atoms with van der Waals surface area (Å²) in [6, 6.07) is 6.83. The summed E-state index contributed by atoms with van der Waals surface area (Å²) in [5.74, 6) is 0. The van der Waals surface area contributed by atoms with Gasteiger partial charge in [0, 0.05) is 0 Å². The smallest absolute Gasteiger partial charge is 0.0274 e. The molecule has 0 spiro atoms. The lowest BCUT2D eigenvalue weighted by atomic mass is 9.93. The van der Waals surface area contributed by atoms with Gasteiger partial charge in [-0.15, -0.1) is 0 Å². The van der Waals surface area contributed by atoms with Crippen LogP contribution in [0.4, 0.5) is 0 Å². The zero-order chi connectivity index (χ0) is 11.1. The maximum absolute atomic E-state index is 2.31. The molecule has 1 aromatic carbocycles. The normalized spacial score (nSPS) is 10.6. The fraction of sp³-hybridized carbons (Fsp3) is 0.600. The SMILES string of the molecule is CCCCc1c(CC)cccc1CCC. The van der Waals surface area contributed by atoms with E-state index < -0.39 is 0 Å². The molecule has 0 nitrogen and oxygen atoms in total. The van der Waals surface area contributed by atoms with E-state index in [1.807, 2.05) is 0 Å². The number of hydrogen-bond donors (Lipinski definition) is 0. The zero-order valence-corrected chi connectivity index (χ0v) is 10.5. The third-order valence-electron chi connectivity index (χ3n) is 3.05. The van der Waals surface area contributed by atoms with Crippen molar-refractivity contribution in [1.82, 2.24) is 0 Å². The van der Waals surface area contributed by atoms with Crippen LogP contribution in [0.5, 0.6) is 0 Å². The molecular formula is C15H24. The Morgan fingerprint density at radius 3 is 2.20 bits per heavy atom. The lowest BCUT2D eigenvalue weighted by molar-refractivity contribution is 0.771. The molecule has 0 saturated heterocycles. The Morgan fingerprint density at radius 1 is 0.867 bits per heavy atom. The first-order chi connectivity index (χ1) is 7.33. The molecular weight excluding hydrogens is 180 g/mol. The lowest BCUT2D eigenvalue weighted by Gasteiger charge is -2.13. The molecule has 0 atom stereocenters. The maximum Gasteiger partial charge on any atom is -0.0274 e. The summed E-state index contributed by atoms with van der Waals surface area (Å²) in [4.78, 5) is 0. The minimum Gasteiger partial charge on any atom is -0.0654 e. The number of benzene rings is 1. The van der Waals surface area contributed by atoms with Gasteiger partial charge in [-0.2, -0.15) is 0 Å². The van der Waals surface area contributed by atoms with Gasteiger partial charge in [0.15, 0.2) is 0 Å². The third kappa shape index (κ3) is 3.37. The molecule has 0 unspecified atom stereocenters. The van der Waals surface area contributed by atoms with E-state index in [0.717, 1.165) is 0 Å². The summed E-state index contributed by atoms with van der Waals surface area (Å²) in [7, 11) is 0. The van der Waals surface area contributed by atoms with Crippen molar-refractivity contribution < 1.29 is 0 Å². The van der Waals surface area contributed by atoms with Crippen LogP contribution in [0.15, 0.2) is 18.2 Å². The Kier molecular flexibility index (Phi) is 5.45. The topological polar surface area (TPSA) is 0 Å². The van der Waals surface area contributed by atoms with Gasteiger partial charge in [-0.25, -0.2) is 0 Å². The summed E-state index contributed by atoms with van der Waals surface area (Å²) in [5, 5.41) is 0. The predicted octanol–water partition coefficient (Wildman–Crippen LogP) is 4.54. The number of rotatable bonds is 6. The van der Waals surface area contributed by atoms with Crippen LogP contribution in [0.2, 0.25) is 0 Å². The fourth-order valence-corrected chi connectivity index (χ4v) is 2.20. The summed E-state index contributed by atoms with van der Waals surface area (Å²) in [6.07, 6.45) is 7.57. The van der Waals surface area contributed by atoms with Crippen molar-refractivity contribution in [3.8, 4) is 0 Å². The monoisotopic (exact) mass is 204 g/mol. The van der Waals surface area contributed by atoms with Gasteiger partial charge < -0.3 is 0 Å². The molecule has 0 aromatic heterocycles. The van der Waals surface area contributed by atoms with E-state index >= 15 is 0 Å². The first kappa shape index (κ1) is 12.3. The van der Waals surface area contributed by atoms with E-state index in [-0.39, 0.29) is 0 Å². The lowest BCUT2D eigenvalue weighted by Crippen LogP contribution is -1.99. The minimum atomic E-state index is 1.18. The van der Waals surface area contributed by atoms with Gasteiger partial charge in [-0.05, 0) is 42.4 Å². The average Bonchev–Trinajstić information content (AvgIpc) is 2.27. The number of hydrogen-bond acceptors (Lipinski definition) is 0. The van der Waals surface area contributed by atoms with Crippen LogP contribution in [0.3, 0.4) is 0 Å². The van der Waals surface area contributed by atoms with Crippen molar-refractivity contribution in [1.29, 1.82) is 0 Å². The highest BCUT2D eigenvalue weighted by atomic mass is 14.1. The van der Waals surface area contributed by atoms with Crippen LogP contribution >= 0.6 is 0 Å². The molecule has 0 heteroatoms. The van der Waals surface area contributed by atoms with Crippen molar-refractivity contribution in [3.05, 3.63) is 34.9 Å². The highest BCUT2D eigenvalue weighted by Crippen LogP contribution is 2.19. The summed E-state index contributed by atoms with van der Waals surface area (Å²) < 4.78 is 0. The molecule has 84 valence electrons. The van der Waals surface area contributed by atoms with E-state index in [1.165, 1.54) is 38.5 Å². The summed E-state index contributed by atoms with van der Waals surface area (Å²) in [5.41, 5.74) is 4.79. The van der Waals surface area contributed by atoms with Gasteiger partial charge in [0.05, 0.1) is 0 Å². The second-order valence-electron chi connectivity index (χ2n) is 4.26. The first-order valence-corrected chi connectivity index (χ1v) is 6.43. The quantitative estimate of drug-likeness (QED) is 0.638. The van der Waals surface area contributed by atoms with E-state index in [1.54, 1.807) is 16.7 Å². The van der Waals surface area contributed by atoms with E-state index in [4.69, 9.17) is 0 Å². The Bertz CT molecular complexity index is 286. The molecule has 0 amide bonds. The van der Waals surface area contributed by atoms with Crippen LogP contribution in [-0.2, 0) is 19.3 Å².